The zero-order valence-electron chi connectivity index (χ0n) is 32.9. The van der Waals surface area contributed by atoms with Crippen LogP contribution in [0.1, 0.15) is 181 Å². The molecule has 2 atom stereocenters. The van der Waals surface area contributed by atoms with E-state index in [1.54, 1.807) is 0 Å². The van der Waals surface area contributed by atoms with Crippen LogP contribution >= 0.6 is 7.82 Å². The van der Waals surface area contributed by atoms with Crippen molar-refractivity contribution in [2.45, 2.75) is 187 Å². The number of likely N-dealkylation sites (N-methyl/N-ethyl adjacent to an activating group) is 1. The van der Waals surface area contributed by atoms with Crippen LogP contribution in [-0.2, 0) is 27.9 Å². The highest BCUT2D eigenvalue weighted by Gasteiger charge is 2.20. The van der Waals surface area contributed by atoms with Gasteiger partial charge in [0.05, 0.1) is 34.4 Å². The number of hydrogen-bond donors (Lipinski definition) is 0. The molecule has 0 amide bonds. The van der Waals surface area contributed by atoms with Crippen molar-refractivity contribution in [2.24, 2.45) is 0 Å². The van der Waals surface area contributed by atoms with Gasteiger partial charge in [-0.25, -0.2) is 0 Å². The maximum absolute atomic E-state index is 12.6. The van der Waals surface area contributed by atoms with Crippen molar-refractivity contribution < 1.29 is 37.3 Å². The highest BCUT2D eigenvalue weighted by molar-refractivity contribution is 7.45. The average molecular weight is 718 g/mol. The van der Waals surface area contributed by atoms with Crippen molar-refractivity contribution in [3.05, 3.63) is 12.2 Å². The summed E-state index contributed by atoms with van der Waals surface area (Å²) in [5.41, 5.74) is 0. The molecule has 0 spiro atoms. The Morgan fingerprint density at radius 3 is 1.55 bits per heavy atom. The maximum Gasteiger partial charge on any atom is 0.306 e. The molecule has 0 saturated carbocycles. The maximum atomic E-state index is 12.6. The monoisotopic (exact) mass is 718 g/mol. The number of carbonyl (C=O) groups is 1. The van der Waals surface area contributed by atoms with Crippen LogP contribution in [0.25, 0.3) is 0 Å². The molecule has 49 heavy (non-hydrogen) atoms. The standard InChI is InChI=1S/C40H80NO7P/c1-6-8-10-12-14-16-18-20-21-22-23-25-27-29-31-33-40(42)48-39(38-47-49(43,44)46-36-34-41(3,4)5)37-45-35-32-30-28-26-24-19-17-15-13-11-9-7-2/h20-21,39H,6-19,22-38H2,1-5H3/b21-20-/t39-/m1/s1. The molecule has 1 unspecified atom stereocenters. The topological polar surface area (TPSA) is 94.1 Å². The van der Waals surface area contributed by atoms with E-state index in [0.29, 0.717) is 24.1 Å². The van der Waals surface area contributed by atoms with Crippen molar-refractivity contribution in [3.8, 4) is 0 Å². The van der Waals surface area contributed by atoms with Crippen LogP contribution in [0, 0.1) is 0 Å². The second-order valence-electron chi connectivity index (χ2n) is 15.0. The van der Waals surface area contributed by atoms with Crippen LogP contribution in [0.3, 0.4) is 0 Å². The lowest BCUT2D eigenvalue weighted by Crippen LogP contribution is -2.37. The molecule has 0 aromatic rings. The quantitative estimate of drug-likeness (QED) is 0.0206. The molecule has 0 aromatic carbocycles. The zero-order valence-corrected chi connectivity index (χ0v) is 33.8. The number of nitrogens with zero attached hydrogens (tertiary/aromatic N) is 1. The number of ether oxygens (including phenoxy) is 2. The predicted octanol–water partition coefficient (Wildman–Crippen LogP) is 10.9. The lowest BCUT2D eigenvalue weighted by atomic mass is 10.1. The summed E-state index contributed by atoms with van der Waals surface area (Å²) in [5, 5.41) is 0. The van der Waals surface area contributed by atoms with E-state index in [2.05, 4.69) is 26.0 Å². The minimum Gasteiger partial charge on any atom is -0.756 e. The van der Waals surface area contributed by atoms with Crippen molar-refractivity contribution >= 4 is 13.8 Å². The van der Waals surface area contributed by atoms with Gasteiger partial charge in [0, 0.05) is 13.0 Å². The van der Waals surface area contributed by atoms with E-state index in [1.807, 2.05) is 21.1 Å². The molecule has 0 aliphatic carbocycles. The van der Waals surface area contributed by atoms with E-state index in [0.717, 1.165) is 44.9 Å². The number of hydrogen-bond acceptors (Lipinski definition) is 7. The first-order valence-electron chi connectivity index (χ1n) is 20.4. The Morgan fingerprint density at radius 2 is 1.06 bits per heavy atom. The van der Waals surface area contributed by atoms with Crippen LogP contribution in [0.5, 0.6) is 0 Å². The largest absolute Gasteiger partial charge is 0.756 e. The SMILES string of the molecule is CCCCCCCC/C=C\CCCCCCCC(=O)O[C@H](COCCCCCCCCCCCCCC)COP(=O)([O-])OCC[N+](C)(C)C. The Labute approximate surface area is 303 Å². The summed E-state index contributed by atoms with van der Waals surface area (Å²) in [6.07, 6.45) is 35.0. The molecule has 0 aromatic heterocycles. The third-order valence-electron chi connectivity index (χ3n) is 8.82. The first kappa shape index (κ1) is 48.2. The first-order valence-corrected chi connectivity index (χ1v) is 21.9. The van der Waals surface area contributed by atoms with Crippen LogP contribution in [0.15, 0.2) is 12.2 Å². The van der Waals surface area contributed by atoms with Gasteiger partial charge >= 0.3 is 5.97 Å². The molecule has 0 N–H and O–H groups in total. The number of rotatable bonds is 38. The van der Waals surface area contributed by atoms with Gasteiger partial charge in [0.15, 0.2) is 0 Å². The Hall–Kier alpha value is -0.760. The summed E-state index contributed by atoms with van der Waals surface area (Å²) in [7, 11) is 1.36. The molecule has 0 aliphatic heterocycles. The van der Waals surface area contributed by atoms with E-state index in [4.69, 9.17) is 18.5 Å². The molecular weight excluding hydrogens is 637 g/mol. The van der Waals surface area contributed by atoms with Gasteiger partial charge in [-0.05, 0) is 38.5 Å². The number of unbranched alkanes of at least 4 members (excludes halogenated alkanes) is 22. The van der Waals surface area contributed by atoms with Gasteiger partial charge in [0.25, 0.3) is 7.82 Å². The summed E-state index contributed by atoms with van der Waals surface area (Å²) >= 11 is 0. The Kier molecular flexibility index (Phi) is 33.8. The summed E-state index contributed by atoms with van der Waals surface area (Å²) in [4.78, 5) is 24.9. The third kappa shape index (κ3) is 38.3. The number of quaternary nitrogens is 1. The van der Waals surface area contributed by atoms with Crippen LogP contribution in [0.4, 0.5) is 0 Å². The van der Waals surface area contributed by atoms with Crippen molar-refractivity contribution in [3.63, 3.8) is 0 Å². The second kappa shape index (κ2) is 34.3. The van der Waals surface area contributed by atoms with E-state index in [9.17, 15) is 14.3 Å². The predicted molar refractivity (Wildman–Crippen MR) is 204 cm³/mol. The van der Waals surface area contributed by atoms with Gasteiger partial charge in [-0.1, -0.05) is 148 Å². The van der Waals surface area contributed by atoms with Gasteiger partial charge in [-0.15, -0.1) is 0 Å². The molecule has 0 aliphatic rings. The normalized spacial score (nSPS) is 14.0. The molecule has 9 heteroatoms. The summed E-state index contributed by atoms with van der Waals surface area (Å²) < 4.78 is 34.5. The van der Waals surface area contributed by atoms with Crippen LogP contribution < -0.4 is 4.89 Å². The van der Waals surface area contributed by atoms with E-state index in [1.165, 1.54) is 116 Å². The average Bonchev–Trinajstić information content (AvgIpc) is 3.04. The third-order valence-corrected chi connectivity index (χ3v) is 9.78. The number of phosphoric acid groups is 1. The zero-order chi connectivity index (χ0) is 36.3. The minimum absolute atomic E-state index is 0.0275. The summed E-state index contributed by atoms with van der Waals surface area (Å²) in [6.45, 7) is 5.41. The molecule has 0 heterocycles. The summed E-state index contributed by atoms with van der Waals surface area (Å²) in [6, 6.07) is 0. The highest BCUT2D eigenvalue weighted by Crippen LogP contribution is 2.38. The van der Waals surface area contributed by atoms with Crippen LogP contribution in [0.2, 0.25) is 0 Å². The van der Waals surface area contributed by atoms with Gasteiger partial charge in [0.2, 0.25) is 0 Å². The number of allylic oxidation sites excluding steroid dienone is 2. The van der Waals surface area contributed by atoms with Crippen molar-refractivity contribution in [1.82, 2.24) is 0 Å². The molecular formula is C40H80NO7P. The second-order valence-corrected chi connectivity index (χ2v) is 16.4. The van der Waals surface area contributed by atoms with Crippen molar-refractivity contribution in [1.29, 1.82) is 0 Å². The molecule has 0 saturated heterocycles. The number of carbonyl (C=O) groups excluding carboxylic acids is 1. The minimum atomic E-state index is -4.51. The fourth-order valence-corrected chi connectivity index (χ4v) is 6.33. The lowest BCUT2D eigenvalue weighted by molar-refractivity contribution is -0.870. The lowest BCUT2D eigenvalue weighted by Gasteiger charge is -2.28. The Morgan fingerprint density at radius 1 is 0.612 bits per heavy atom. The fourth-order valence-electron chi connectivity index (χ4n) is 5.60. The molecule has 0 fully saturated rings. The van der Waals surface area contributed by atoms with Gasteiger partial charge < -0.3 is 27.9 Å². The summed E-state index contributed by atoms with van der Waals surface area (Å²) in [5.74, 6) is -0.341. The van der Waals surface area contributed by atoms with Gasteiger partial charge in [-0.3, -0.25) is 9.36 Å². The molecule has 0 rings (SSSR count). The highest BCUT2D eigenvalue weighted by atomic mass is 31.2. The van der Waals surface area contributed by atoms with Gasteiger partial charge in [0.1, 0.15) is 19.3 Å². The molecule has 292 valence electrons. The number of esters is 1. The van der Waals surface area contributed by atoms with Gasteiger partial charge in [-0.2, -0.15) is 0 Å². The molecule has 0 radical (unpaired) electrons. The van der Waals surface area contributed by atoms with E-state index < -0.39 is 13.9 Å². The molecule has 8 nitrogen and oxygen atoms in total. The Balaban J connectivity index is 4.27. The smallest absolute Gasteiger partial charge is 0.306 e. The Bertz CT molecular complexity index is 802. The van der Waals surface area contributed by atoms with Crippen LogP contribution in [-0.4, -0.2) is 70.7 Å². The van der Waals surface area contributed by atoms with E-state index in [-0.39, 0.29) is 25.8 Å². The fraction of sp³-hybridized carbons (Fsp3) is 0.925. The first-order chi connectivity index (χ1) is 23.6. The van der Waals surface area contributed by atoms with Crippen molar-refractivity contribution in [2.75, 3.05) is 54.1 Å². The molecule has 0 bridgehead atoms. The van der Waals surface area contributed by atoms with E-state index >= 15 is 0 Å². The number of phosphoric ester groups is 1.